The molecule has 0 N–H and O–H groups in total. The molecule has 9 aromatic carbocycles. The van der Waals surface area contributed by atoms with E-state index in [0.29, 0.717) is 0 Å². The fraction of sp³-hybridized carbons (Fsp3) is 0.0175. The SMILES string of the molecule is c1ccc(-c2ccc(-c3ccc(I(Cc4cccc5c4sc4ccccc45)c4ccc(-c5ccc6c(c5)sc5c(-c7ccccc7)c7ccccc7n56)cc4)cc3)cc2)cc1. The van der Waals surface area contributed by atoms with Crippen LogP contribution in [0.4, 0.5) is 0 Å². The number of benzene rings is 9. The normalized spacial score (nSPS) is 12.0. The van der Waals surface area contributed by atoms with Gasteiger partial charge >= 0.3 is 349 Å². The van der Waals surface area contributed by atoms with E-state index in [1.807, 2.05) is 22.7 Å². The van der Waals surface area contributed by atoms with Gasteiger partial charge in [0.25, 0.3) is 0 Å². The van der Waals surface area contributed by atoms with Gasteiger partial charge in [-0.05, 0) is 0 Å². The Kier molecular flexibility index (Phi) is 9.17. The number of nitrogens with zero attached hydrogens (tertiary/aromatic N) is 1. The number of rotatable bonds is 8. The average Bonchev–Trinajstić information content (AvgIpc) is 4.00. The first-order valence-electron chi connectivity index (χ1n) is 20.7. The van der Waals surface area contributed by atoms with Crippen molar-refractivity contribution < 1.29 is 0 Å². The van der Waals surface area contributed by atoms with Crippen molar-refractivity contribution >= 4 is 88.6 Å². The summed E-state index contributed by atoms with van der Waals surface area (Å²) in [5.41, 5.74) is 14.1. The fourth-order valence-electron chi connectivity index (χ4n) is 8.91. The summed E-state index contributed by atoms with van der Waals surface area (Å²) in [7, 11) is 0. The molecule has 0 radical (unpaired) electrons. The zero-order chi connectivity index (χ0) is 40.3. The van der Waals surface area contributed by atoms with Crippen molar-refractivity contribution in [2.24, 2.45) is 0 Å². The molecule has 0 saturated heterocycles. The van der Waals surface area contributed by atoms with E-state index in [0.717, 1.165) is 4.43 Å². The quantitative estimate of drug-likeness (QED) is 0.106. The van der Waals surface area contributed by atoms with Crippen LogP contribution in [-0.2, 0) is 4.43 Å². The Hall–Kier alpha value is -6.31. The zero-order valence-corrected chi connectivity index (χ0v) is 36.9. The van der Waals surface area contributed by atoms with Crippen molar-refractivity contribution in [3.8, 4) is 44.5 Å². The van der Waals surface area contributed by atoms with Gasteiger partial charge in [0.15, 0.2) is 0 Å². The van der Waals surface area contributed by atoms with Crippen LogP contribution < -0.4 is 0 Å². The average molecular weight is 928 g/mol. The van der Waals surface area contributed by atoms with Crippen LogP contribution in [0.5, 0.6) is 0 Å². The first-order valence-corrected chi connectivity index (χ1v) is 26.0. The summed E-state index contributed by atoms with van der Waals surface area (Å²) in [6.07, 6.45) is 0. The standard InChI is InChI=1S/C57H38INS2/c1-3-12-38(13-4-1)39-22-24-40(25-23-39)41-26-31-46(32-27-41)58(37-45-16-11-19-49-48-17-8-10-21-53(48)60-56(45)49)47-33-28-42(29-34-47)44-30-35-52-54(36-44)61-57-55(43-14-5-2-6-15-43)50-18-7-9-20-51(50)59(52)57/h1-36H,37H2. The van der Waals surface area contributed by atoms with Crippen LogP contribution in [0.1, 0.15) is 5.56 Å². The molecule has 0 unspecified atom stereocenters. The molecule has 4 heteroatoms. The molecule has 12 rings (SSSR count). The number of fused-ring (bicyclic) bond motifs is 8. The molecule has 0 fully saturated rings. The van der Waals surface area contributed by atoms with Crippen molar-refractivity contribution in [2.45, 2.75) is 4.43 Å². The van der Waals surface area contributed by atoms with Gasteiger partial charge in [0.2, 0.25) is 0 Å². The van der Waals surface area contributed by atoms with Gasteiger partial charge in [-0.15, -0.1) is 0 Å². The molecule has 3 heterocycles. The molecular weight excluding hydrogens is 890 g/mol. The second kappa shape index (κ2) is 15.3. The third kappa shape index (κ3) is 6.49. The van der Waals surface area contributed by atoms with Gasteiger partial charge < -0.3 is 0 Å². The molecule has 3 aromatic heterocycles. The Morgan fingerprint density at radius 2 is 0.885 bits per heavy atom. The molecule has 0 bridgehead atoms. The summed E-state index contributed by atoms with van der Waals surface area (Å²) in [5.74, 6) is 0. The van der Waals surface area contributed by atoms with Gasteiger partial charge in [0.1, 0.15) is 0 Å². The summed E-state index contributed by atoms with van der Waals surface area (Å²) in [6.45, 7) is 0. The third-order valence-corrected chi connectivity index (χ3v) is 20.4. The van der Waals surface area contributed by atoms with E-state index in [1.54, 1.807) is 0 Å². The molecule has 0 aliphatic heterocycles. The molecule has 0 atom stereocenters. The Labute approximate surface area is 370 Å². The summed E-state index contributed by atoms with van der Waals surface area (Å²) in [6, 6.07) is 81.3. The molecule has 0 amide bonds. The molecule has 0 aliphatic rings. The van der Waals surface area contributed by atoms with E-state index >= 15 is 0 Å². The Morgan fingerprint density at radius 3 is 1.57 bits per heavy atom. The second-order valence-electron chi connectivity index (χ2n) is 15.5. The van der Waals surface area contributed by atoms with Crippen LogP contribution in [0, 0.1) is 7.14 Å². The molecule has 0 spiro atoms. The Bertz CT molecular complexity index is 3530. The van der Waals surface area contributed by atoms with Crippen LogP contribution in [0.25, 0.3) is 90.6 Å². The van der Waals surface area contributed by atoms with Gasteiger partial charge in [-0.3, -0.25) is 0 Å². The topological polar surface area (TPSA) is 4.41 Å². The fourth-order valence-corrected chi connectivity index (χ4v) is 17.2. The van der Waals surface area contributed by atoms with Crippen molar-refractivity contribution in [3.05, 3.63) is 231 Å². The molecule has 290 valence electrons. The van der Waals surface area contributed by atoms with Crippen molar-refractivity contribution in [3.63, 3.8) is 0 Å². The van der Waals surface area contributed by atoms with Crippen LogP contribution >= 0.6 is 42.5 Å². The number of alkyl halides is 1. The van der Waals surface area contributed by atoms with E-state index in [4.69, 9.17) is 0 Å². The molecular formula is C57H38INS2. The van der Waals surface area contributed by atoms with Crippen molar-refractivity contribution in [1.29, 1.82) is 0 Å². The predicted octanol–water partition coefficient (Wildman–Crippen LogP) is 17.1. The van der Waals surface area contributed by atoms with Crippen LogP contribution in [0.15, 0.2) is 218 Å². The van der Waals surface area contributed by atoms with E-state index in [9.17, 15) is 0 Å². The van der Waals surface area contributed by atoms with Gasteiger partial charge in [-0.25, -0.2) is 0 Å². The maximum absolute atomic E-state index is 2.46. The van der Waals surface area contributed by atoms with Crippen LogP contribution in [0.2, 0.25) is 0 Å². The number of aromatic nitrogens is 1. The third-order valence-electron chi connectivity index (χ3n) is 11.9. The number of para-hydroxylation sites is 1. The van der Waals surface area contributed by atoms with E-state index in [-0.39, 0.29) is 0 Å². The molecule has 1 nitrogen and oxygen atoms in total. The summed E-state index contributed by atoms with van der Waals surface area (Å²) < 4.78 is 10.6. The first kappa shape index (κ1) is 36.5. The molecule has 0 aliphatic carbocycles. The number of thiophene rings is 1. The van der Waals surface area contributed by atoms with E-state index in [2.05, 4.69) is 223 Å². The molecule has 61 heavy (non-hydrogen) atoms. The Morgan fingerprint density at radius 1 is 0.361 bits per heavy atom. The summed E-state index contributed by atoms with van der Waals surface area (Å²) in [4.78, 5) is 1.30. The number of halogens is 1. The summed E-state index contributed by atoms with van der Waals surface area (Å²) >= 11 is 1.89. The predicted molar refractivity (Wildman–Crippen MR) is 273 cm³/mol. The molecule has 12 aromatic rings. The van der Waals surface area contributed by atoms with Crippen molar-refractivity contribution in [2.75, 3.05) is 0 Å². The van der Waals surface area contributed by atoms with Gasteiger partial charge in [-0.2, -0.15) is 0 Å². The first-order chi connectivity index (χ1) is 30.2. The minimum atomic E-state index is -1.96. The second-order valence-corrected chi connectivity index (χ2v) is 22.9. The van der Waals surface area contributed by atoms with Crippen LogP contribution in [0.3, 0.4) is 0 Å². The molecule has 0 saturated carbocycles. The van der Waals surface area contributed by atoms with Gasteiger partial charge in [0, 0.05) is 0 Å². The van der Waals surface area contributed by atoms with Crippen LogP contribution in [-0.4, -0.2) is 4.40 Å². The Balaban J connectivity index is 0.910. The van der Waals surface area contributed by atoms with E-state index in [1.165, 1.54) is 103 Å². The van der Waals surface area contributed by atoms with Crippen molar-refractivity contribution in [1.82, 2.24) is 4.40 Å². The summed E-state index contributed by atoms with van der Waals surface area (Å²) in [5, 5.41) is 4.04. The monoisotopic (exact) mass is 927 g/mol. The van der Waals surface area contributed by atoms with Gasteiger partial charge in [-0.1, -0.05) is 24.3 Å². The van der Waals surface area contributed by atoms with E-state index < -0.39 is 19.8 Å². The zero-order valence-electron chi connectivity index (χ0n) is 33.1. The number of hydrogen-bond acceptors (Lipinski definition) is 2. The van der Waals surface area contributed by atoms with Gasteiger partial charge in [0.05, 0.1) is 0 Å². The number of thiazole rings is 1. The minimum absolute atomic E-state index is 1.07. The maximum atomic E-state index is 2.46. The number of hydrogen-bond donors (Lipinski definition) is 0.